The summed E-state index contributed by atoms with van der Waals surface area (Å²) >= 11 is 1.50. The highest BCUT2D eigenvalue weighted by Gasteiger charge is 2.25. The van der Waals surface area contributed by atoms with Crippen molar-refractivity contribution in [3.05, 3.63) is 34.2 Å². The number of aromatic nitrogens is 1. The Bertz CT molecular complexity index is 821. The highest BCUT2D eigenvalue weighted by molar-refractivity contribution is 7.14. The van der Waals surface area contributed by atoms with Crippen molar-refractivity contribution in [1.29, 1.82) is 0 Å². The SMILES string of the molecule is CCN(C(C)=O)c1nc(CN2CCN(C(=O)c3cc(C)oc3C)CC2)cs1. The molecule has 0 aliphatic carbocycles. The Balaban J connectivity index is 1.55. The van der Waals surface area contributed by atoms with E-state index in [4.69, 9.17) is 4.42 Å². The molecule has 1 aliphatic rings. The van der Waals surface area contributed by atoms with Crippen molar-refractivity contribution in [3.8, 4) is 0 Å². The van der Waals surface area contributed by atoms with Crippen LogP contribution in [0.4, 0.5) is 5.13 Å². The standard InChI is InChI=1S/C19H26N4O3S/c1-5-23(15(4)24)19-20-16(12-27-19)11-21-6-8-22(9-7-21)18(25)17-10-13(2)26-14(17)3/h10,12H,5-9,11H2,1-4H3. The van der Waals surface area contributed by atoms with Crippen LogP contribution in [0.25, 0.3) is 0 Å². The molecule has 0 unspecified atom stereocenters. The Kier molecular flexibility index (Phi) is 5.96. The minimum absolute atomic E-state index is 0.00954. The lowest BCUT2D eigenvalue weighted by Gasteiger charge is -2.34. The second-order valence-corrected chi connectivity index (χ2v) is 7.62. The molecule has 3 rings (SSSR count). The summed E-state index contributed by atoms with van der Waals surface area (Å²) in [5, 5.41) is 2.76. The summed E-state index contributed by atoms with van der Waals surface area (Å²) in [6.45, 7) is 11.5. The molecule has 146 valence electrons. The second kappa shape index (κ2) is 8.22. The normalized spacial score (nSPS) is 15.2. The van der Waals surface area contributed by atoms with Crippen LogP contribution in [0.2, 0.25) is 0 Å². The third kappa shape index (κ3) is 4.39. The Morgan fingerprint density at radius 2 is 1.96 bits per heavy atom. The summed E-state index contributed by atoms with van der Waals surface area (Å²) in [7, 11) is 0. The van der Waals surface area contributed by atoms with Gasteiger partial charge in [-0.05, 0) is 26.8 Å². The van der Waals surface area contributed by atoms with Gasteiger partial charge in [-0.15, -0.1) is 11.3 Å². The number of piperazine rings is 1. The zero-order valence-electron chi connectivity index (χ0n) is 16.3. The van der Waals surface area contributed by atoms with Crippen LogP contribution in [-0.4, -0.2) is 59.3 Å². The van der Waals surface area contributed by atoms with Crippen LogP contribution in [0, 0.1) is 13.8 Å². The van der Waals surface area contributed by atoms with Gasteiger partial charge in [0.1, 0.15) is 11.5 Å². The van der Waals surface area contributed by atoms with Gasteiger partial charge in [-0.25, -0.2) is 4.98 Å². The maximum Gasteiger partial charge on any atom is 0.257 e. The molecule has 0 radical (unpaired) electrons. The Morgan fingerprint density at radius 3 is 2.52 bits per heavy atom. The van der Waals surface area contributed by atoms with Crippen LogP contribution in [0.15, 0.2) is 15.9 Å². The van der Waals surface area contributed by atoms with Crippen LogP contribution in [0.1, 0.15) is 41.4 Å². The molecule has 0 aromatic carbocycles. The molecular weight excluding hydrogens is 364 g/mol. The molecule has 1 saturated heterocycles. The van der Waals surface area contributed by atoms with E-state index in [1.54, 1.807) is 11.8 Å². The summed E-state index contributed by atoms with van der Waals surface area (Å²) in [4.78, 5) is 34.8. The molecule has 2 aromatic heterocycles. The lowest BCUT2D eigenvalue weighted by Crippen LogP contribution is -2.48. The number of aryl methyl sites for hydroxylation is 2. The second-order valence-electron chi connectivity index (χ2n) is 6.78. The maximum absolute atomic E-state index is 12.7. The molecule has 2 aromatic rings. The van der Waals surface area contributed by atoms with Crippen LogP contribution >= 0.6 is 11.3 Å². The quantitative estimate of drug-likeness (QED) is 0.785. The van der Waals surface area contributed by atoms with Crippen LogP contribution in [0.5, 0.6) is 0 Å². The van der Waals surface area contributed by atoms with Crippen molar-refractivity contribution in [2.45, 2.75) is 34.2 Å². The molecule has 0 atom stereocenters. The van der Waals surface area contributed by atoms with E-state index >= 15 is 0 Å². The summed E-state index contributed by atoms with van der Waals surface area (Å²) in [6.07, 6.45) is 0. The van der Waals surface area contributed by atoms with Crippen LogP contribution in [0.3, 0.4) is 0 Å². The fourth-order valence-electron chi connectivity index (χ4n) is 3.34. The maximum atomic E-state index is 12.7. The third-order valence-corrected chi connectivity index (χ3v) is 5.70. The van der Waals surface area contributed by atoms with Gasteiger partial charge in [0.2, 0.25) is 5.91 Å². The fraction of sp³-hybridized carbons (Fsp3) is 0.526. The van der Waals surface area contributed by atoms with Crippen molar-refractivity contribution in [2.24, 2.45) is 0 Å². The zero-order valence-corrected chi connectivity index (χ0v) is 17.1. The van der Waals surface area contributed by atoms with E-state index in [-0.39, 0.29) is 11.8 Å². The lowest BCUT2D eigenvalue weighted by atomic mass is 10.2. The first-order chi connectivity index (χ1) is 12.9. The van der Waals surface area contributed by atoms with E-state index in [0.717, 1.165) is 36.2 Å². The van der Waals surface area contributed by atoms with E-state index < -0.39 is 0 Å². The number of hydrogen-bond donors (Lipinski definition) is 0. The van der Waals surface area contributed by atoms with Gasteiger partial charge in [0, 0.05) is 51.6 Å². The minimum Gasteiger partial charge on any atom is -0.466 e. The molecule has 0 bridgehead atoms. The predicted molar refractivity (Wildman–Crippen MR) is 105 cm³/mol. The molecule has 0 N–H and O–H groups in total. The number of nitrogens with zero attached hydrogens (tertiary/aromatic N) is 4. The van der Waals surface area contributed by atoms with Gasteiger partial charge in [0.25, 0.3) is 5.91 Å². The summed E-state index contributed by atoms with van der Waals surface area (Å²) in [6, 6.07) is 1.81. The van der Waals surface area contributed by atoms with Crippen molar-refractivity contribution in [3.63, 3.8) is 0 Å². The number of anilines is 1. The number of carbonyl (C=O) groups is 2. The minimum atomic E-state index is 0.00954. The van der Waals surface area contributed by atoms with Crippen LogP contribution < -0.4 is 4.90 Å². The fourth-order valence-corrected chi connectivity index (χ4v) is 4.26. The van der Waals surface area contributed by atoms with E-state index in [1.165, 1.54) is 11.3 Å². The first-order valence-corrected chi connectivity index (χ1v) is 10.1. The number of furan rings is 1. The molecule has 7 nitrogen and oxygen atoms in total. The van der Waals surface area contributed by atoms with Crippen LogP contribution in [-0.2, 0) is 11.3 Å². The number of carbonyl (C=O) groups excluding carboxylic acids is 2. The smallest absolute Gasteiger partial charge is 0.257 e. The van der Waals surface area contributed by atoms with Crippen molar-refractivity contribution in [2.75, 3.05) is 37.6 Å². The van der Waals surface area contributed by atoms with Gasteiger partial charge in [-0.2, -0.15) is 0 Å². The molecule has 8 heteroatoms. The van der Waals surface area contributed by atoms with Gasteiger partial charge in [0.05, 0.1) is 11.3 Å². The summed E-state index contributed by atoms with van der Waals surface area (Å²) in [5.41, 5.74) is 1.63. The molecule has 3 heterocycles. The molecule has 2 amide bonds. The first-order valence-electron chi connectivity index (χ1n) is 9.20. The highest BCUT2D eigenvalue weighted by Crippen LogP contribution is 2.22. The van der Waals surface area contributed by atoms with Crippen molar-refractivity contribution < 1.29 is 14.0 Å². The average Bonchev–Trinajstić information content (AvgIpc) is 3.21. The van der Waals surface area contributed by atoms with Gasteiger partial charge >= 0.3 is 0 Å². The molecule has 0 saturated carbocycles. The van der Waals surface area contributed by atoms with E-state index in [2.05, 4.69) is 9.88 Å². The Morgan fingerprint density at radius 1 is 1.26 bits per heavy atom. The molecule has 27 heavy (non-hydrogen) atoms. The number of rotatable bonds is 5. The zero-order chi connectivity index (χ0) is 19.6. The lowest BCUT2D eigenvalue weighted by molar-refractivity contribution is -0.116. The third-order valence-electron chi connectivity index (χ3n) is 4.78. The molecular formula is C19H26N4O3S. The molecule has 1 aliphatic heterocycles. The van der Waals surface area contributed by atoms with Gasteiger partial charge in [-0.3, -0.25) is 19.4 Å². The average molecular weight is 391 g/mol. The molecule has 1 fully saturated rings. The van der Waals surface area contributed by atoms with Crippen molar-refractivity contribution in [1.82, 2.24) is 14.8 Å². The summed E-state index contributed by atoms with van der Waals surface area (Å²) in [5.74, 6) is 1.50. The Hall–Kier alpha value is -2.19. The number of amides is 2. The van der Waals surface area contributed by atoms with Gasteiger partial charge in [0.15, 0.2) is 5.13 Å². The van der Waals surface area contributed by atoms with Gasteiger partial charge < -0.3 is 9.32 Å². The summed E-state index contributed by atoms with van der Waals surface area (Å²) < 4.78 is 5.48. The topological polar surface area (TPSA) is 69.9 Å². The first kappa shape index (κ1) is 19.6. The van der Waals surface area contributed by atoms with E-state index in [1.807, 2.05) is 37.1 Å². The van der Waals surface area contributed by atoms with E-state index in [0.29, 0.717) is 31.0 Å². The highest BCUT2D eigenvalue weighted by atomic mass is 32.1. The molecule has 0 spiro atoms. The van der Waals surface area contributed by atoms with E-state index in [9.17, 15) is 9.59 Å². The number of thiazole rings is 1. The van der Waals surface area contributed by atoms with Crippen molar-refractivity contribution >= 4 is 28.3 Å². The van der Waals surface area contributed by atoms with Gasteiger partial charge in [-0.1, -0.05) is 0 Å². The number of hydrogen-bond acceptors (Lipinski definition) is 6. The Labute approximate surface area is 163 Å². The monoisotopic (exact) mass is 390 g/mol. The predicted octanol–water partition coefficient (Wildman–Crippen LogP) is 2.68. The largest absolute Gasteiger partial charge is 0.466 e.